The largest absolute Gasteiger partial charge is 0.495 e. The Hall–Kier alpha value is -3.22. The highest BCUT2D eigenvalue weighted by atomic mass is 35.5. The second-order valence-corrected chi connectivity index (χ2v) is 7.24. The molecule has 0 amide bonds. The van der Waals surface area contributed by atoms with Crippen LogP contribution in [-0.4, -0.2) is 24.2 Å². The number of methoxy groups -OCH3 is 2. The Bertz CT molecular complexity index is 1220. The van der Waals surface area contributed by atoms with E-state index in [0.29, 0.717) is 44.3 Å². The average Bonchev–Trinajstić information content (AvgIpc) is 2.76. The second kappa shape index (κ2) is 8.26. The van der Waals surface area contributed by atoms with Gasteiger partial charge in [0.2, 0.25) is 0 Å². The zero-order chi connectivity index (χ0) is 21.3. The number of pyridine rings is 2. The third kappa shape index (κ3) is 3.67. The molecule has 0 aliphatic carbocycles. The summed E-state index contributed by atoms with van der Waals surface area (Å²) in [5.41, 5.74) is 8.55. The summed E-state index contributed by atoms with van der Waals surface area (Å²) in [6.07, 6.45) is 3.49. The molecular formula is C22H18Cl2N4O2. The van der Waals surface area contributed by atoms with Crippen LogP contribution in [0, 0.1) is 0 Å². The lowest BCUT2D eigenvalue weighted by atomic mass is 10.1. The van der Waals surface area contributed by atoms with Crippen molar-refractivity contribution >= 4 is 51.2 Å². The maximum atomic E-state index is 6.52. The maximum Gasteiger partial charge on any atom is 0.141 e. The fourth-order valence-corrected chi connectivity index (χ4v) is 3.80. The van der Waals surface area contributed by atoms with Crippen LogP contribution in [0.15, 0.2) is 54.9 Å². The van der Waals surface area contributed by atoms with E-state index < -0.39 is 0 Å². The summed E-state index contributed by atoms with van der Waals surface area (Å²) in [5, 5.41) is 5.72. The standard InChI is InChI=1S/C22H18Cl2N4O2/c1-29-17-9-18(30-2)22(24)20(21(17)23)16-7-12-11-27-19(8-13(12)10-26-16)28-15-6-4-3-5-14(15)25/h3-11H,25H2,1-2H3,(H,27,28). The molecule has 2 heterocycles. The first-order chi connectivity index (χ1) is 14.5. The topological polar surface area (TPSA) is 82.3 Å². The number of rotatable bonds is 5. The molecule has 0 fully saturated rings. The van der Waals surface area contributed by atoms with Crippen LogP contribution in [0.3, 0.4) is 0 Å². The van der Waals surface area contributed by atoms with Crippen LogP contribution in [0.5, 0.6) is 11.5 Å². The van der Waals surface area contributed by atoms with Crippen LogP contribution in [0.4, 0.5) is 17.2 Å². The molecule has 30 heavy (non-hydrogen) atoms. The molecule has 0 atom stereocenters. The van der Waals surface area contributed by atoms with E-state index in [1.807, 2.05) is 36.4 Å². The number of para-hydroxylation sites is 2. The molecular weight excluding hydrogens is 423 g/mol. The molecule has 152 valence electrons. The van der Waals surface area contributed by atoms with Gasteiger partial charge in [0.25, 0.3) is 0 Å². The number of fused-ring (bicyclic) bond motifs is 1. The molecule has 0 unspecified atom stereocenters. The number of nitrogens with zero attached hydrogens (tertiary/aromatic N) is 2. The van der Waals surface area contributed by atoms with Crippen molar-refractivity contribution < 1.29 is 9.47 Å². The lowest BCUT2D eigenvalue weighted by Crippen LogP contribution is -1.98. The Labute approximate surface area is 183 Å². The lowest BCUT2D eigenvalue weighted by molar-refractivity contribution is 0.395. The van der Waals surface area contributed by atoms with Gasteiger partial charge in [-0.25, -0.2) is 4.98 Å². The Kier molecular flexibility index (Phi) is 5.53. The molecule has 6 nitrogen and oxygen atoms in total. The molecule has 3 N–H and O–H groups in total. The number of nitrogen functional groups attached to an aromatic ring is 1. The predicted molar refractivity (Wildman–Crippen MR) is 122 cm³/mol. The van der Waals surface area contributed by atoms with E-state index in [4.69, 9.17) is 38.4 Å². The van der Waals surface area contributed by atoms with Crippen molar-refractivity contribution in [1.29, 1.82) is 0 Å². The minimum Gasteiger partial charge on any atom is -0.495 e. The van der Waals surface area contributed by atoms with Gasteiger partial charge in [-0.2, -0.15) is 0 Å². The quantitative estimate of drug-likeness (QED) is 0.373. The van der Waals surface area contributed by atoms with Crippen LogP contribution in [-0.2, 0) is 0 Å². The van der Waals surface area contributed by atoms with Crippen molar-refractivity contribution in [2.24, 2.45) is 0 Å². The van der Waals surface area contributed by atoms with Gasteiger partial charge in [-0.3, -0.25) is 4.98 Å². The number of benzene rings is 2. The minimum absolute atomic E-state index is 0.362. The predicted octanol–water partition coefficient (Wildman–Crippen LogP) is 5.95. The number of anilines is 3. The van der Waals surface area contributed by atoms with Crippen molar-refractivity contribution in [3.05, 3.63) is 64.9 Å². The number of aromatic nitrogens is 2. The third-order valence-corrected chi connectivity index (χ3v) is 5.41. The summed E-state index contributed by atoms with van der Waals surface area (Å²) in [4.78, 5) is 9.04. The molecule has 4 rings (SSSR count). The SMILES string of the molecule is COc1cc(OC)c(Cl)c(-c2cc3cnc(Nc4ccccc4N)cc3cn2)c1Cl. The van der Waals surface area contributed by atoms with Gasteiger partial charge in [-0.15, -0.1) is 0 Å². The highest BCUT2D eigenvalue weighted by Crippen LogP contribution is 2.45. The Balaban J connectivity index is 1.76. The van der Waals surface area contributed by atoms with Gasteiger partial charge in [0, 0.05) is 34.8 Å². The lowest BCUT2D eigenvalue weighted by Gasteiger charge is -2.14. The van der Waals surface area contributed by atoms with E-state index in [1.165, 1.54) is 14.2 Å². The summed E-state index contributed by atoms with van der Waals surface area (Å²) in [6.45, 7) is 0. The van der Waals surface area contributed by atoms with Crippen LogP contribution >= 0.6 is 23.2 Å². The highest BCUT2D eigenvalue weighted by Gasteiger charge is 2.20. The van der Waals surface area contributed by atoms with Crippen LogP contribution in [0.2, 0.25) is 10.0 Å². The summed E-state index contributed by atoms with van der Waals surface area (Å²) < 4.78 is 10.7. The highest BCUT2D eigenvalue weighted by molar-refractivity contribution is 6.41. The number of hydrogen-bond donors (Lipinski definition) is 2. The van der Waals surface area contributed by atoms with E-state index >= 15 is 0 Å². The molecule has 0 saturated heterocycles. The van der Waals surface area contributed by atoms with Gasteiger partial charge >= 0.3 is 0 Å². The first kappa shape index (κ1) is 20.1. The normalized spacial score (nSPS) is 10.8. The fourth-order valence-electron chi connectivity index (χ4n) is 3.10. The molecule has 0 spiro atoms. The van der Waals surface area contributed by atoms with Crippen LogP contribution in [0.1, 0.15) is 0 Å². The van der Waals surface area contributed by atoms with Gasteiger partial charge in [-0.05, 0) is 24.3 Å². The first-order valence-corrected chi connectivity index (χ1v) is 9.75. The van der Waals surface area contributed by atoms with Crippen molar-refractivity contribution in [2.45, 2.75) is 0 Å². The van der Waals surface area contributed by atoms with Gasteiger partial charge in [0.05, 0.1) is 41.3 Å². The number of halogens is 2. The zero-order valence-electron chi connectivity index (χ0n) is 16.2. The van der Waals surface area contributed by atoms with Gasteiger partial charge in [-0.1, -0.05) is 35.3 Å². The van der Waals surface area contributed by atoms with Crippen LogP contribution < -0.4 is 20.5 Å². The number of hydrogen-bond acceptors (Lipinski definition) is 6. The molecule has 2 aromatic heterocycles. The van der Waals surface area contributed by atoms with Crippen molar-refractivity contribution in [3.8, 4) is 22.8 Å². The smallest absolute Gasteiger partial charge is 0.141 e. The van der Waals surface area contributed by atoms with E-state index in [-0.39, 0.29) is 0 Å². The molecule has 0 aliphatic rings. The maximum absolute atomic E-state index is 6.52. The number of nitrogens with two attached hydrogens (primary N) is 1. The first-order valence-electron chi connectivity index (χ1n) is 8.99. The molecule has 0 saturated carbocycles. The summed E-state index contributed by atoms with van der Waals surface area (Å²) >= 11 is 13.0. The van der Waals surface area contributed by atoms with E-state index in [2.05, 4.69) is 15.3 Å². The molecule has 8 heteroatoms. The summed E-state index contributed by atoms with van der Waals surface area (Å²) in [7, 11) is 3.06. The fraction of sp³-hybridized carbons (Fsp3) is 0.0909. The zero-order valence-corrected chi connectivity index (χ0v) is 17.8. The van der Waals surface area contributed by atoms with Crippen molar-refractivity contribution in [3.63, 3.8) is 0 Å². The number of nitrogens with one attached hydrogen (secondary N) is 1. The van der Waals surface area contributed by atoms with Crippen molar-refractivity contribution in [2.75, 3.05) is 25.3 Å². The van der Waals surface area contributed by atoms with E-state index in [0.717, 1.165) is 16.5 Å². The van der Waals surface area contributed by atoms with Crippen molar-refractivity contribution in [1.82, 2.24) is 9.97 Å². The third-order valence-electron chi connectivity index (χ3n) is 4.66. The molecule has 2 aromatic carbocycles. The summed E-state index contributed by atoms with van der Waals surface area (Å²) in [6, 6.07) is 12.9. The average molecular weight is 441 g/mol. The minimum atomic E-state index is 0.362. The van der Waals surface area contributed by atoms with Gasteiger partial charge in [0.1, 0.15) is 17.3 Å². The second-order valence-electron chi connectivity index (χ2n) is 6.48. The monoisotopic (exact) mass is 440 g/mol. The number of ether oxygens (including phenoxy) is 2. The van der Waals surface area contributed by atoms with Gasteiger partial charge in [0.15, 0.2) is 0 Å². The molecule has 0 radical (unpaired) electrons. The Morgan fingerprint density at radius 2 is 1.50 bits per heavy atom. The van der Waals surface area contributed by atoms with Crippen LogP contribution in [0.25, 0.3) is 22.0 Å². The molecule has 0 bridgehead atoms. The van der Waals surface area contributed by atoms with E-state index in [1.54, 1.807) is 18.5 Å². The molecule has 0 aliphatic heterocycles. The Morgan fingerprint density at radius 1 is 0.867 bits per heavy atom. The van der Waals surface area contributed by atoms with Gasteiger partial charge < -0.3 is 20.5 Å². The van der Waals surface area contributed by atoms with E-state index in [9.17, 15) is 0 Å². The summed E-state index contributed by atoms with van der Waals surface area (Å²) in [5.74, 6) is 1.56. The Morgan fingerprint density at radius 3 is 2.17 bits per heavy atom. The molecule has 4 aromatic rings.